The average molecular weight is 289 g/mol. The maximum Gasteiger partial charge on any atom is 0.320 e. The van der Waals surface area contributed by atoms with Crippen molar-refractivity contribution in [3.05, 3.63) is 35.4 Å². The minimum Gasteiger partial charge on any atom is -0.480 e. The number of nitrogens with zero attached hydrogens (tertiary/aromatic N) is 1. The van der Waals surface area contributed by atoms with Gasteiger partial charge in [-0.05, 0) is 24.5 Å². The molecule has 1 saturated heterocycles. The zero-order chi connectivity index (χ0) is 15.0. The number of amides is 2. The number of hydrogen-bond acceptors (Lipinski definition) is 4. The Labute approximate surface area is 121 Å². The van der Waals surface area contributed by atoms with Gasteiger partial charge in [-0.2, -0.15) is 0 Å². The van der Waals surface area contributed by atoms with Gasteiger partial charge in [0.25, 0.3) is 5.91 Å². The van der Waals surface area contributed by atoms with Crippen molar-refractivity contribution in [3.8, 4) is 0 Å². The van der Waals surface area contributed by atoms with Crippen molar-refractivity contribution in [1.29, 1.82) is 0 Å². The maximum atomic E-state index is 12.4. The highest BCUT2D eigenvalue weighted by atomic mass is 16.5. The molecule has 0 saturated carbocycles. The first-order valence-electron chi connectivity index (χ1n) is 6.88. The van der Waals surface area contributed by atoms with Crippen LogP contribution >= 0.6 is 0 Å². The quantitative estimate of drug-likeness (QED) is 0.663. The molecule has 1 aromatic rings. The third-order valence-electron chi connectivity index (χ3n) is 3.92. The van der Waals surface area contributed by atoms with Crippen LogP contribution in [0, 0.1) is 0 Å². The summed E-state index contributed by atoms with van der Waals surface area (Å²) in [4.78, 5) is 37.3. The smallest absolute Gasteiger partial charge is 0.320 e. The highest BCUT2D eigenvalue weighted by Gasteiger charge is 2.43. The van der Waals surface area contributed by atoms with Crippen LogP contribution in [-0.4, -0.2) is 47.0 Å². The first kappa shape index (κ1) is 13.8. The van der Waals surface area contributed by atoms with Crippen molar-refractivity contribution >= 4 is 17.8 Å². The Morgan fingerprint density at radius 1 is 1.33 bits per heavy atom. The zero-order valence-electron chi connectivity index (χ0n) is 11.3. The van der Waals surface area contributed by atoms with Crippen LogP contribution in [0.2, 0.25) is 0 Å². The summed E-state index contributed by atoms with van der Waals surface area (Å²) in [7, 11) is 0. The number of carbonyl (C=O) groups is 3. The van der Waals surface area contributed by atoms with Crippen molar-refractivity contribution in [3.63, 3.8) is 0 Å². The molecule has 6 nitrogen and oxygen atoms in total. The second-order valence-corrected chi connectivity index (χ2v) is 5.25. The minimum absolute atomic E-state index is 0.121. The van der Waals surface area contributed by atoms with Crippen LogP contribution in [0.4, 0.5) is 0 Å². The number of benzene rings is 1. The second kappa shape index (κ2) is 5.29. The second-order valence-electron chi connectivity index (χ2n) is 5.25. The Morgan fingerprint density at radius 2 is 2.10 bits per heavy atom. The van der Waals surface area contributed by atoms with Crippen LogP contribution in [0.25, 0.3) is 0 Å². The predicted octanol–water partition coefficient (Wildman–Crippen LogP) is 1.02. The van der Waals surface area contributed by atoms with E-state index in [1.807, 2.05) is 0 Å². The maximum absolute atomic E-state index is 12.4. The molecule has 1 fully saturated rings. The van der Waals surface area contributed by atoms with E-state index in [0.29, 0.717) is 6.61 Å². The fraction of sp³-hybridized carbons (Fsp3) is 0.400. The predicted molar refractivity (Wildman–Crippen MR) is 71.8 cm³/mol. The standard InChI is InChI=1S/C15H15NO5/c17-13-11-6-2-1-5-10(11)12(15(19)20)14(18)16(13)8-9-4-3-7-21-9/h1-2,5-6,9,12H,3-4,7-8H2,(H,19,20). The van der Waals surface area contributed by atoms with Crippen molar-refractivity contribution in [2.45, 2.75) is 24.9 Å². The number of aliphatic carboxylic acids is 1. The number of fused-ring (bicyclic) bond motifs is 1. The summed E-state index contributed by atoms with van der Waals surface area (Å²) in [5.41, 5.74) is 0.547. The molecule has 2 aliphatic rings. The molecule has 21 heavy (non-hydrogen) atoms. The number of imide groups is 1. The van der Waals surface area contributed by atoms with E-state index in [4.69, 9.17) is 4.74 Å². The molecule has 0 spiro atoms. The van der Waals surface area contributed by atoms with E-state index in [9.17, 15) is 19.5 Å². The van der Waals surface area contributed by atoms with Gasteiger partial charge in [-0.3, -0.25) is 19.3 Å². The van der Waals surface area contributed by atoms with Gasteiger partial charge in [-0.15, -0.1) is 0 Å². The average Bonchev–Trinajstić information content (AvgIpc) is 2.96. The molecule has 1 aromatic carbocycles. The van der Waals surface area contributed by atoms with Gasteiger partial charge in [0.15, 0.2) is 5.92 Å². The molecule has 2 heterocycles. The zero-order valence-corrected chi connectivity index (χ0v) is 11.3. The lowest BCUT2D eigenvalue weighted by Crippen LogP contribution is -2.49. The monoisotopic (exact) mass is 289 g/mol. The third-order valence-corrected chi connectivity index (χ3v) is 3.92. The van der Waals surface area contributed by atoms with E-state index >= 15 is 0 Å². The molecule has 2 atom stereocenters. The summed E-state index contributed by atoms with van der Waals surface area (Å²) >= 11 is 0. The molecule has 0 radical (unpaired) electrons. The number of rotatable bonds is 3. The Hall–Kier alpha value is -2.21. The largest absolute Gasteiger partial charge is 0.480 e. The number of carboxylic acid groups (broad SMARTS) is 1. The third kappa shape index (κ3) is 2.31. The van der Waals surface area contributed by atoms with Crippen molar-refractivity contribution in [1.82, 2.24) is 4.90 Å². The first-order chi connectivity index (χ1) is 10.1. The van der Waals surface area contributed by atoms with Gasteiger partial charge in [-0.25, -0.2) is 0 Å². The topological polar surface area (TPSA) is 83.9 Å². The summed E-state index contributed by atoms with van der Waals surface area (Å²) in [6.45, 7) is 0.732. The van der Waals surface area contributed by atoms with Gasteiger partial charge in [0, 0.05) is 12.2 Å². The summed E-state index contributed by atoms with van der Waals surface area (Å²) in [5.74, 6) is -3.68. The van der Waals surface area contributed by atoms with Gasteiger partial charge in [-0.1, -0.05) is 18.2 Å². The number of hydrogen-bond donors (Lipinski definition) is 1. The van der Waals surface area contributed by atoms with E-state index in [2.05, 4.69) is 0 Å². The van der Waals surface area contributed by atoms with Crippen LogP contribution in [0.5, 0.6) is 0 Å². The molecule has 0 aliphatic carbocycles. The normalized spacial score (nSPS) is 25.0. The Morgan fingerprint density at radius 3 is 2.76 bits per heavy atom. The summed E-state index contributed by atoms with van der Waals surface area (Å²) in [6.07, 6.45) is 1.47. The molecule has 1 N–H and O–H groups in total. The SMILES string of the molecule is O=C(O)C1C(=O)N(CC2CCCO2)C(=O)c2ccccc21. The highest BCUT2D eigenvalue weighted by Crippen LogP contribution is 2.30. The van der Waals surface area contributed by atoms with Crippen LogP contribution in [0.1, 0.15) is 34.7 Å². The van der Waals surface area contributed by atoms with Crippen LogP contribution in [0.3, 0.4) is 0 Å². The molecule has 2 unspecified atom stereocenters. The van der Waals surface area contributed by atoms with Crippen molar-refractivity contribution in [2.24, 2.45) is 0 Å². The fourth-order valence-corrected chi connectivity index (χ4v) is 2.88. The lowest BCUT2D eigenvalue weighted by Gasteiger charge is -2.31. The van der Waals surface area contributed by atoms with Crippen LogP contribution in [-0.2, 0) is 14.3 Å². The van der Waals surface area contributed by atoms with Crippen LogP contribution < -0.4 is 0 Å². The van der Waals surface area contributed by atoms with E-state index in [1.54, 1.807) is 18.2 Å². The molecule has 0 bridgehead atoms. The summed E-state index contributed by atoms with van der Waals surface area (Å²) < 4.78 is 5.44. The Balaban J connectivity index is 1.97. The van der Waals surface area contributed by atoms with Gasteiger partial charge in [0.1, 0.15) is 0 Å². The number of carbonyl (C=O) groups excluding carboxylic acids is 2. The lowest BCUT2D eigenvalue weighted by molar-refractivity contribution is -0.146. The molecule has 3 rings (SSSR count). The molecule has 0 aromatic heterocycles. The molecular formula is C15H15NO5. The number of ether oxygens (including phenoxy) is 1. The molecular weight excluding hydrogens is 274 g/mol. The lowest BCUT2D eigenvalue weighted by atomic mass is 9.88. The minimum atomic E-state index is -1.32. The molecule has 2 amide bonds. The van der Waals surface area contributed by atoms with Crippen molar-refractivity contribution in [2.75, 3.05) is 13.2 Å². The van der Waals surface area contributed by atoms with Gasteiger partial charge >= 0.3 is 5.97 Å². The first-order valence-corrected chi connectivity index (χ1v) is 6.88. The molecule has 110 valence electrons. The van der Waals surface area contributed by atoms with Gasteiger partial charge < -0.3 is 9.84 Å². The van der Waals surface area contributed by atoms with Gasteiger partial charge in [0.05, 0.1) is 12.6 Å². The number of carboxylic acids is 1. The Kier molecular flexibility index (Phi) is 3.47. The van der Waals surface area contributed by atoms with Gasteiger partial charge in [0.2, 0.25) is 5.91 Å². The van der Waals surface area contributed by atoms with E-state index in [-0.39, 0.29) is 23.8 Å². The summed E-state index contributed by atoms with van der Waals surface area (Å²) in [6, 6.07) is 6.37. The Bertz CT molecular complexity index is 606. The molecule has 2 aliphatic heterocycles. The highest BCUT2D eigenvalue weighted by molar-refractivity contribution is 6.17. The van der Waals surface area contributed by atoms with E-state index in [1.165, 1.54) is 6.07 Å². The van der Waals surface area contributed by atoms with Crippen LogP contribution in [0.15, 0.2) is 24.3 Å². The molecule has 6 heteroatoms. The summed E-state index contributed by atoms with van der Waals surface area (Å²) in [5, 5.41) is 9.33. The fourth-order valence-electron chi connectivity index (χ4n) is 2.88. The van der Waals surface area contributed by atoms with E-state index < -0.39 is 23.7 Å². The van der Waals surface area contributed by atoms with Crippen molar-refractivity contribution < 1.29 is 24.2 Å². The van der Waals surface area contributed by atoms with E-state index in [0.717, 1.165) is 17.7 Å².